The molecule has 2 amide bonds. The molecule has 1 fully saturated rings. The van der Waals surface area contributed by atoms with Crippen LogP contribution in [0.25, 0.3) is 0 Å². The molecule has 6 nitrogen and oxygen atoms in total. The first-order valence-corrected chi connectivity index (χ1v) is 10.7. The number of thiazole rings is 1. The van der Waals surface area contributed by atoms with Gasteiger partial charge in [0.25, 0.3) is 5.91 Å². The molecule has 0 bridgehead atoms. The molecule has 150 valence electrons. The number of ether oxygens (including phenoxy) is 1. The summed E-state index contributed by atoms with van der Waals surface area (Å²) in [5.41, 5.74) is 0. The molecular weight excluding hydrogens is 398 g/mol. The Balaban J connectivity index is 1.59. The van der Waals surface area contributed by atoms with Crippen molar-refractivity contribution in [1.29, 1.82) is 0 Å². The van der Waals surface area contributed by atoms with Crippen LogP contribution in [0.3, 0.4) is 0 Å². The highest BCUT2D eigenvalue weighted by Crippen LogP contribution is 2.24. The van der Waals surface area contributed by atoms with Crippen LogP contribution in [0.1, 0.15) is 32.1 Å². The van der Waals surface area contributed by atoms with Crippen molar-refractivity contribution in [3.05, 3.63) is 40.9 Å². The first-order valence-electron chi connectivity index (χ1n) is 9.45. The lowest BCUT2D eigenvalue weighted by atomic mass is 9.89. The van der Waals surface area contributed by atoms with Crippen molar-refractivity contribution in [3.8, 4) is 5.75 Å². The number of rotatable bonds is 8. The highest BCUT2D eigenvalue weighted by atomic mass is 35.5. The number of anilines is 1. The maximum absolute atomic E-state index is 12.8. The zero-order chi connectivity index (χ0) is 19.8. The van der Waals surface area contributed by atoms with Gasteiger partial charge >= 0.3 is 0 Å². The van der Waals surface area contributed by atoms with Gasteiger partial charge in [0, 0.05) is 23.1 Å². The Labute approximate surface area is 173 Å². The van der Waals surface area contributed by atoms with E-state index in [-0.39, 0.29) is 25.0 Å². The lowest BCUT2D eigenvalue weighted by Gasteiger charge is -2.29. The third-order valence-corrected chi connectivity index (χ3v) is 5.69. The third-order valence-electron chi connectivity index (χ3n) is 4.75. The summed E-state index contributed by atoms with van der Waals surface area (Å²) in [5.74, 6) is 0.559. The molecule has 0 unspecified atom stereocenters. The van der Waals surface area contributed by atoms with Crippen molar-refractivity contribution in [2.24, 2.45) is 5.92 Å². The van der Waals surface area contributed by atoms with Gasteiger partial charge in [0.15, 0.2) is 11.7 Å². The fourth-order valence-electron chi connectivity index (χ4n) is 3.32. The second kappa shape index (κ2) is 10.4. The molecule has 2 aromatic rings. The van der Waals surface area contributed by atoms with Gasteiger partial charge in [0.2, 0.25) is 5.91 Å². The molecule has 8 heteroatoms. The fraction of sp³-hybridized carbons (Fsp3) is 0.450. The third kappa shape index (κ3) is 6.49. The van der Waals surface area contributed by atoms with Gasteiger partial charge in [-0.05, 0) is 43.0 Å². The molecule has 1 aliphatic carbocycles. The van der Waals surface area contributed by atoms with E-state index < -0.39 is 0 Å². The van der Waals surface area contributed by atoms with Crippen molar-refractivity contribution in [2.75, 3.05) is 25.0 Å². The SMILES string of the molecule is O=C(CN(CC1CCCCC1)C(=O)COc1ccc(Cl)cc1)Nc1nccs1. The van der Waals surface area contributed by atoms with Gasteiger partial charge < -0.3 is 15.0 Å². The summed E-state index contributed by atoms with van der Waals surface area (Å²) < 4.78 is 5.59. The summed E-state index contributed by atoms with van der Waals surface area (Å²) in [6.07, 6.45) is 7.42. The number of benzene rings is 1. The highest BCUT2D eigenvalue weighted by Gasteiger charge is 2.23. The number of amides is 2. The van der Waals surface area contributed by atoms with E-state index in [1.165, 1.54) is 30.6 Å². The number of carbonyl (C=O) groups is 2. The molecule has 3 rings (SSSR count). The van der Waals surface area contributed by atoms with E-state index in [9.17, 15) is 9.59 Å². The standard InChI is InChI=1S/C20H24ClN3O3S/c21-16-6-8-17(9-7-16)27-14-19(26)24(12-15-4-2-1-3-5-15)13-18(25)23-20-22-10-11-28-20/h6-11,15H,1-5,12-14H2,(H,22,23,25). The average molecular weight is 422 g/mol. The van der Waals surface area contributed by atoms with Crippen LogP contribution in [0, 0.1) is 5.92 Å². The average Bonchev–Trinajstić information content (AvgIpc) is 3.20. The molecule has 1 heterocycles. The van der Waals surface area contributed by atoms with Crippen LogP contribution in [-0.2, 0) is 9.59 Å². The molecule has 1 N–H and O–H groups in total. The Morgan fingerprint density at radius 1 is 1.21 bits per heavy atom. The molecular formula is C20H24ClN3O3S. The van der Waals surface area contributed by atoms with E-state index in [4.69, 9.17) is 16.3 Å². The summed E-state index contributed by atoms with van der Waals surface area (Å²) >= 11 is 7.22. The van der Waals surface area contributed by atoms with Gasteiger partial charge in [0.05, 0.1) is 0 Å². The van der Waals surface area contributed by atoms with E-state index in [2.05, 4.69) is 10.3 Å². The minimum atomic E-state index is -0.245. The first-order chi connectivity index (χ1) is 13.6. The first kappa shape index (κ1) is 20.6. The number of aromatic nitrogens is 1. The number of nitrogens with zero attached hydrogens (tertiary/aromatic N) is 2. The lowest BCUT2D eigenvalue weighted by molar-refractivity contribution is -0.137. The van der Waals surface area contributed by atoms with Gasteiger partial charge in [-0.15, -0.1) is 11.3 Å². The van der Waals surface area contributed by atoms with Gasteiger partial charge in [-0.1, -0.05) is 30.9 Å². The Morgan fingerprint density at radius 3 is 2.64 bits per heavy atom. The fourth-order valence-corrected chi connectivity index (χ4v) is 3.99. The molecule has 0 aliphatic heterocycles. The van der Waals surface area contributed by atoms with Crippen molar-refractivity contribution in [2.45, 2.75) is 32.1 Å². The van der Waals surface area contributed by atoms with Crippen LogP contribution in [0.15, 0.2) is 35.8 Å². The maximum Gasteiger partial charge on any atom is 0.260 e. The van der Waals surface area contributed by atoms with Crippen molar-refractivity contribution in [3.63, 3.8) is 0 Å². The van der Waals surface area contributed by atoms with Gasteiger partial charge in [-0.3, -0.25) is 9.59 Å². The van der Waals surface area contributed by atoms with E-state index in [0.29, 0.717) is 28.4 Å². The molecule has 0 atom stereocenters. The smallest absolute Gasteiger partial charge is 0.260 e. The van der Waals surface area contributed by atoms with Crippen LogP contribution in [0.2, 0.25) is 5.02 Å². The zero-order valence-electron chi connectivity index (χ0n) is 15.6. The van der Waals surface area contributed by atoms with Crippen LogP contribution >= 0.6 is 22.9 Å². The van der Waals surface area contributed by atoms with Gasteiger partial charge in [-0.25, -0.2) is 4.98 Å². The molecule has 1 aliphatic rings. The number of nitrogens with one attached hydrogen (secondary N) is 1. The second-order valence-electron chi connectivity index (χ2n) is 6.91. The molecule has 28 heavy (non-hydrogen) atoms. The molecule has 1 aromatic heterocycles. The molecule has 1 aromatic carbocycles. The minimum absolute atomic E-state index is 0.00110. The number of hydrogen-bond acceptors (Lipinski definition) is 5. The Bertz CT molecular complexity index is 762. The van der Waals surface area contributed by atoms with E-state index in [1.54, 1.807) is 40.7 Å². The number of carbonyl (C=O) groups excluding carboxylic acids is 2. The maximum atomic E-state index is 12.8. The van der Waals surface area contributed by atoms with E-state index >= 15 is 0 Å². The van der Waals surface area contributed by atoms with Crippen LogP contribution in [0.4, 0.5) is 5.13 Å². The van der Waals surface area contributed by atoms with Crippen LogP contribution in [-0.4, -0.2) is 41.4 Å². The second-order valence-corrected chi connectivity index (χ2v) is 8.24. The molecule has 0 saturated heterocycles. The molecule has 0 radical (unpaired) electrons. The summed E-state index contributed by atoms with van der Waals surface area (Å²) in [5, 5.41) is 5.68. The summed E-state index contributed by atoms with van der Waals surface area (Å²) in [6.45, 7) is 0.464. The summed E-state index contributed by atoms with van der Waals surface area (Å²) in [6, 6.07) is 6.86. The largest absolute Gasteiger partial charge is 0.484 e. The van der Waals surface area contributed by atoms with Crippen LogP contribution < -0.4 is 10.1 Å². The number of hydrogen-bond donors (Lipinski definition) is 1. The predicted molar refractivity (Wildman–Crippen MR) is 111 cm³/mol. The minimum Gasteiger partial charge on any atom is -0.484 e. The zero-order valence-corrected chi connectivity index (χ0v) is 17.2. The van der Waals surface area contributed by atoms with E-state index in [1.807, 2.05) is 0 Å². The lowest BCUT2D eigenvalue weighted by Crippen LogP contribution is -2.43. The molecule has 1 saturated carbocycles. The highest BCUT2D eigenvalue weighted by molar-refractivity contribution is 7.13. The topological polar surface area (TPSA) is 71.5 Å². The summed E-state index contributed by atoms with van der Waals surface area (Å²) in [7, 11) is 0. The normalized spacial score (nSPS) is 14.5. The summed E-state index contributed by atoms with van der Waals surface area (Å²) in [4.78, 5) is 30.8. The Hall–Kier alpha value is -2.12. The Kier molecular flexibility index (Phi) is 7.68. The predicted octanol–water partition coefficient (Wildman–Crippen LogP) is 4.22. The van der Waals surface area contributed by atoms with Crippen molar-refractivity contribution >= 4 is 39.9 Å². The van der Waals surface area contributed by atoms with E-state index in [0.717, 1.165) is 12.8 Å². The van der Waals surface area contributed by atoms with Crippen molar-refractivity contribution in [1.82, 2.24) is 9.88 Å². The monoisotopic (exact) mass is 421 g/mol. The van der Waals surface area contributed by atoms with Gasteiger partial charge in [-0.2, -0.15) is 0 Å². The quantitative estimate of drug-likeness (QED) is 0.692. The van der Waals surface area contributed by atoms with Gasteiger partial charge in [0.1, 0.15) is 12.3 Å². The van der Waals surface area contributed by atoms with Crippen LogP contribution in [0.5, 0.6) is 5.75 Å². The Morgan fingerprint density at radius 2 is 1.96 bits per heavy atom. The van der Waals surface area contributed by atoms with Crippen molar-refractivity contribution < 1.29 is 14.3 Å². The molecule has 0 spiro atoms. The number of halogens is 1.